The number of terminal acetylenes is 1. The summed E-state index contributed by atoms with van der Waals surface area (Å²) >= 11 is 0. The first-order valence-electron chi connectivity index (χ1n) is 5.05. The average molecular weight is 220 g/mol. The maximum Gasteiger partial charge on any atom is 0.0931 e. The first-order chi connectivity index (χ1) is 8.27. The van der Waals surface area contributed by atoms with Crippen molar-refractivity contribution < 1.29 is 0 Å². The fourth-order valence-corrected chi connectivity index (χ4v) is 1.18. The Morgan fingerprint density at radius 1 is 1.24 bits per heavy atom. The second-order valence-electron chi connectivity index (χ2n) is 3.19. The SMILES string of the molecule is C#CC#CC#CC.Cc1ccc2nc[nH]c2c1. The topological polar surface area (TPSA) is 28.7 Å². The fourth-order valence-electron chi connectivity index (χ4n) is 1.18. The molecule has 0 atom stereocenters. The standard InChI is InChI=1S/C8H8N2.C7H4/c1-6-2-3-7-8(4-6)10-5-9-7;1-3-5-7-6-4-2/h2-5H,1H3,(H,9,10);1H,2H3. The van der Waals surface area contributed by atoms with Crippen LogP contribution < -0.4 is 0 Å². The number of nitrogens with one attached hydrogen (secondary N) is 1. The van der Waals surface area contributed by atoms with Crippen molar-refractivity contribution in [3.8, 4) is 36.0 Å². The van der Waals surface area contributed by atoms with Gasteiger partial charge in [-0.05, 0) is 55.2 Å². The summed E-state index contributed by atoms with van der Waals surface area (Å²) in [6, 6.07) is 6.16. The molecule has 0 aliphatic rings. The number of aromatic amines is 1. The van der Waals surface area contributed by atoms with Gasteiger partial charge in [0.2, 0.25) is 0 Å². The van der Waals surface area contributed by atoms with Gasteiger partial charge in [0.05, 0.1) is 17.4 Å². The molecule has 0 radical (unpaired) electrons. The van der Waals surface area contributed by atoms with E-state index in [2.05, 4.69) is 58.6 Å². The van der Waals surface area contributed by atoms with Crippen molar-refractivity contribution in [1.82, 2.24) is 9.97 Å². The van der Waals surface area contributed by atoms with Gasteiger partial charge in [0.25, 0.3) is 0 Å². The maximum absolute atomic E-state index is 4.78. The fraction of sp³-hybridized carbons (Fsp3) is 0.133. The minimum atomic E-state index is 1.03. The van der Waals surface area contributed by atoms with E-state index >= 15 is 0 Å². The minimum Gasteiger partial charge on any atom is -0.345 e. The third-order valence-electron chi connectivity index (χ3n) is 1.90. The van der Waals surface area contributed by atoms with Gasteiger partial charge in [0.15, 0.2) is 0 Å². The summed E-state index contributed by atoms with van der Waals surface area (Å²) in [6.45, 7) is 3.78. The molecule has 0 fully saturated rings. The largest absolute Gasteiger partial charge is 0.345 e. The van der Waals surface area contributed by atoms with Crippen LogP contribution in [-0.4, -0.2) is 9.97 Å². The second kappa shape index (κ2) is 6.78. The molecule has 0 bridgehead atoms. The predicted molar refractivity (Wildman–Crippen MR) is 70.9 cm³/mol. The van der Waals surface area contributed by atoms with E-state index in [4.69, 9.17) is 6.42 Å². The molecule has 0 unspecified atom stereocenters. The molecule has 1 heterocycles. The third kappa shape index (κ3) is 4.17. The molecule has 0 amide bonds. The summed E-state index contributed by atoms with van der Waals surface area (Å²) in [7, 11) is 0. The van der Waals surface area contributed by atoms with Crippen molar-refractivity contribution in [3.63, 3.8) is 0 Å². The zero-order valence-electron chi connectivity index (χ0n) is 9.83. The number of fused-ring (bicyclic) bond motifs is 1. The highest BCUT2D eigenvalue weighted by Crippen LogP contribution is 2.09. The van der Waals surface area contributed by atoms with Crippen LogP contribution in [0.2, 0.25) is 0 Å². The number of rotatable bonds is 0. The summed E-state index contributed by atoms with van der Waals surface area (Å²) in [5.41, 5.74) is 3.40. The summed E-state index contributed by atoms with van der Waals surface area (Å²) in [6.07, 6.45) is 6.49. The van der Waals surface area contributed by atoms with Gasteiger partial charge in [-0.2, -0.15) is 0 Å². The van der Waals surface area contributed by atoms with Gasteiger partial charge in [0, 0.05) is 0 Å². The number of aromatic nitrogens is 2. The molecule has 0 saturated heterocycles. The van der Waals surface area contributed by atoms with Gasteiger partial charge in [-0.3, -0.25) is 0 Å². The number of H-pyrrole nitrogens is 1. The molecule has 1 aromatic carbocycles. The van der Waals surface area contributed by atoms with E-state index in [9.17, 15) is 0 Å². The number of imidazole rings is 1. The van der Waals surface area contributed by atoms with Crippen LogP contribution in [0.5, 0.6) is 0 Å². The Balaban J connectivity index is 0.000000185. The molecule has 2 nitrogen and oxygen atoms in total. The normalized spacial score (nSPS) is 7.59. The van der Waals surface area contributed by atoms with Crippen molar-refractivity contribution >= 4 is 11.0 Å². The second-order valence-corrected chi connectivity index (χ2v) is 3.19. The molecule has 1 N–H and O–H groups in total. The zero-order valence-corrected chi connectivity index (χ0v) is 9.83. The number of hydrogen-bond acceptors (Lipinski definition) is 1. The van der Waals surface area contributed by atoms with E-state index in [1.807, 2.05) is 6.07 Å². The molecule has 17 heavy (non-hydrogen) atoms. The summed E-state index contributed by atoms with van der Waals surface area (Å²) < 4.78 is 0. The zero-order chi connectivity index (χ0) is 12.5. The van der Waals surface area contributed by atoms with E-state index in [1.165, 1.54) is 5.56 Å². The molecule has 1 aromatic heterocycles. The third-order valence-corrected chi connectivity index (χ3v) is 1.90. The van der Waals surface area contributed by atoms with Crippen LogP contribution in [0.3, 0.4) is 0 Å². The summed E-state index contributed by atoms with van der Waals surface area (Å²) in [5, 5.41) is 0. The minimum absolute atomic E-state index is 1.03. The van der Waals surface area contributed by atoms with Crippen LogP contribution in [0.1, 0.15) is 12.5 Å². The highest BCUT2D eigenvalue weighted by atomic mass is 14.9. The van der Waals surface area contributed by atoms with Crippen LogP contribution in [0.4, 0.5) is 0 Å². The molecular weight excluding hydrogens is 208 g/mol. The van der Waals surface area contributed by atoms with Gasteiger partial charge in [-0.25, -0.2) is 4.98 Å². The van der Waals surface area contributed by atoms with E-state index in [-0.39, 0.29) is 0 Å². The Morgan fingerprint density at radius 3 is 2.76 bits per heavy atom. The number of aryl methyl sites for hydroxylation is 1. The Morgan fingerprint density at radius 2 is 2.06 bits per heavy atom. The molecule has 0 saturated carbocycles. The molecular formula is C15H12N2. The number of nitrogens with zero attached hydrogens (tertiary/aromatic N) is 1. The lowest BCUT2D eigenvalue weighted by atomic mass is 10.2. The van der Waals surface area contributed by atoms with Gasteiger partial charge in [-0.1, -0.05) is 12.0 Å². The molecule has 82 valence electrons. The lowest BCUT2D eigenvalue weighted by Crippen LogP contribution is -1.71. The van der Waals surface area contributed by atoms with E-state index in [1.54, 1.807) is 13.3 Å². The number of benzene rings is 1. The van der Waals surface area contributed by atoms with Crippen LogP contribution in [0, 0.1) is 42.9 Å². The highest BCUT2D eigenvalue weighted by molar-refractivity contribution is 5.74. The molecule has 0 aliphatic carbocycles. The van der Waals surface area contributed by atoms with Crippen molar-refractivity contribution in [2.45, 2.75) is 13.8 Å². The van der Waals surface area contributed by atoms with Gasteiger partial charge < -0.3 is 4.98 Å². The Labute approximate surface area is 101 Å². The van der Waals surface area contributed by atoms with Crippen molar-refractivity contribution in [1.29, 1.82) is 0 Å². The first kappa shape index (κ1) is 12.4. The molecule has 2 aromatic rings. The van der Waals surface area contributed by atoms with Crippen molar-refractivity contribution in [2.75, 3.05) is 0 Å². The predicted octanol–water partition coefficient (Wildman–Crippen LogP) is 2.52. The van der Waals surface area contributed by atoms with E-state index < -0.39 is 0 Å². The van der Waals surface area contributed by atoms with Gasteiger partial charge in [-0.15, -0.1) is 6.42 Å². The van der Waals surface area contributed by atoms with Crippen LogP contribution in [0.15, 0.2) is 24.5 Å². The van der Waals surface area contributed by atoms with Gasteiger partial charge >= 0.3 is 0 Å². The molecule has 0 aliphatic heterocycles. The van der Waals surface area contributed by atoms with Crippen molar-refractivity contribution in [3.05, 3.63) is 30.1 Å². The lowest BCUT2D eigenvalue weighted by Gasteiger charge is -1.89. The maximum atomic E-state index is 4.78. The average Bonchev–Trinajstić information content (AvgIpc) is 2.78. The smallest absolute Gasteiger partial charge is 0.0931 e. The summed E-state index contributed by atoms with van der Waals surface area (Å²) in [4.78, 5) is 7.15. The van der Waals surface area contributed by atoms with Crippen LogP contribution >= 0.6 is 0 Å². The van der Waals surface area contributed by atoms with E-state index in [0.29, 0.717) is 0 Å². The summed E-state index contributed by atoms with van der Waals surface area (Å²) in [5.74, 6) is 12.0. The molecule has 2 heteroatoms. The van der Waals surface area contributed by atoms with Gasteiger partial charge in [0.1, 0.15) is 0 Å². The van der Waals surface area contributed by atoms with Crippen LogP contribution in [-0.2, 0) is 0 Å². The Bertz CT molecular complexity index is 649. The highest BCUT2D eigenvalue weighted by Gasteiger charge is 1.92. The van der Waals surface area contributed by atoms with Crippen LogP contribution in [0.25, 0.3) is 11.0 Å². The monoisotopic (exact) mass is 220 g/mol. The number of hydrogen-bond donors (Lipinski definition) is 1. The molecule has 0 spiro atoms. The lowest BCUT2D eigenvalue weighted by molar-refractivity contribution is 1.34. The quantitative estimate of drug-likeness (QED) is 0.679. The molecule has 2 rings (SSSR count). The van der Waals surface area contributed by atoms with Crippen molar-refractivity contribution in [2.24, 2.45) is 0 Å². The Kier molecular flexibility index (Phi) is 4.96. The van der Waals surface area contributed by atoms with E-state index in [0.717, 1.165) is 11.0 Å². The Hall–Kier alpha value is -2.63. The first-order valence-corrected chi connectivity index (χ1v) is 5.05.